The van der Waals surface area contributed by atoms with Crippen LogP contribution in [0.4, 0.5) is 5.95 Å². The second-order valence-electron chi connectivity index (χ2n) is 4.79. The Balaban J connectivity index is 1.90. The fraction of sp³-hybridized carbons (Fsp3) is 0.214. The molecule has 0 aliphatic carbocycles. The number of hydrogen-bond donors (Lipinski definition) is 1. The minimum absolute atomic E-state index is 0.107. The molecule has 2 amide bonds. The van der Waals surface area contributed by atoms with Gasteiger partial charge in [-0.15, -0.1) is 0 Å². The van der Waals surface area contributed by atoms with E-state index in [1.54, 1.807) is 30.7 Å². The van der Waals surface area contributed by atoms with Gasteiger partial charge in [-0.25, -0.2) is 9.97 Å². The molecule has 0 saturated carbocycles. The molecule has 2 aromatic heterocycles. The number of hydrogen-bond acceptors (Lipinski definition) is 5. The third kappa shape index (κ3) is 2.58. The molecule has 3 heterocycles. The van der Waals surface area contributed by atoms with Crippen molar-refractivity contribution in [3.8, 4) is 11.3 Å². The van der Waals surface area contributed by atoms with Crippen LogP contribution < -0.4 is 10.6 Å². The lowest BCUT2D eigenvalue weighted by Gasteiger charge is -2.14. The van der Waals surface area contributed by atoms with Crippen molar-refractivity contribution in [3.05, 3.63) is 36.8 Å². The number of nitrogens with zero attached hydrogens (tertiary/aromatic N) is 4. The summed E-state index contributed by atoms with van der Waals surface area (Å²) in [5.74, 6) is -0.871. The first-order valence-electron chi connectivity index (χ1n) is 6.48. The van der Waals surface area contributed by atoms with Crippen LogP contribution in [-0.2, 0) is 9.59 Å². The van der Waals surface area contributed by atoms with Gasteiger partial charge in [-0.3, -0.25) is 19.5 Å². The van der Waals surface area contributed by atoms with Crippen LogP contribution in [0.25, 0.3) is 11.3 Å². The minimum Gasteiger partial charge on any atom is -0.369 e. The molecule has 21 heavy (non-hydrogen) atoms. The number of rotatable bonds is 3. The third-order valence-corrected chi connectivity index (χ3v) is 3.37. The van der Waals surface area contributed by atoms with Crippen molar-refractivity contribution < 1.29 is 9.59 Å². The Morgan fingerprint density at radius 1 is 1.33 bits per heavy atom. The van der Waals surface area contributed by atoms with Gasteiger partial charge < -0.3 is 5.73 Å². The minimum atomic E-state index is -0.483. The van der Waals surface area contributed by atoms with Gasteiger partial charge in [-0.2, -0.15) is 0 Å². The Bertz CT molecular complexity index is 689. The molecule has 0 radical (unpaired) electrons. The van der Waals surface area contributed by atoms with E-state index in [2.05, 4.69) is 15.0 Å². The third-order valence-electron chi connectivity index (χ3n) is 3.37. The fourth-order valence-electron chi connectivity index (χ4n) is 2.24. The average Bonchev–Trinajstić information content (AvgIpc) is 2.91. The topological polar surface area (TPSA) is 102 Å². The molecular weight excluding hydrogens is 270 g/mol. The molecule has 106 valence electrons. The average molecular weight is 283 g/mol. The zero-order valence-electron chi connectivity index (χ0n) is 11.1. The van der Waals surface area contributed by atoms with E-state index in [-0.39, 0.29) is 24.8 Å². The van der Waals surface area contributed by atoms with Crippen LogP contribution >= 0.6 is 0 Å². The maximum absolute atomic E-state index is 12.0. The van der Waals surface area contributed by atoms with Gasteiger partial charge in [0, 0.05) is 37.1 Å². The molecule has 0 aromatic carbocycles. The summed E-state index contributed by atoms with van der Waals surface area (Å²) in [6.45, 7) is 0.227. The standard InChI is InChI=1S/C14H13N5O2/c15-13(21)10-6-12(20)19(8-10)14-17-5-3-11(18-14)9-2-1-4-16-7-9/h1-5,7,10H,6,8H2,(H2,15,21). The van der Waals surface area contributed by atoms with Gasteiger partial charge in [0.1, 0.15) is 0 Å². The van der Waals surface area contributed by atoms with Crippen molar-refractivity contribution in [2.45, 2.75) is 6.42 Å². The van der Waals surface area contributed by atoms with Crippen LogP contribution in [0.5, 0.6) is 0 Å². The van der Waals surface area contributed by atoms with Crippen molar-refractivity contribution in [2.75, 3.05) is 11.4 Å². The molecule has 1 aliphatic rings. The first-order chi connectivity index (χ1) is 10.1. The zero-order chi connectivity index (χ0) is 14.8. The Morgan fingerprint density at radius 2 is 2.19 bits per heavy atom. The van der Waals surface area contributed by atoms with E-state index in [0.29, 0.717) is 5.69 Å². The number of nitrogens with two attached hydrogens (primary N) is 1. The largest absolute Gasteiger partial charge is 0.369 e. The first kappa shape index (κ1) is 13.2. The van der Waals surface area contributed by atoms with Crippen LogP contribution in [0, 0.1) is 5.92 Å². The molecule has 1 fully saturated rings. The highest BCUT2D eigenvalue weighted by Gasteiger charge is 2.35. The van der Waals surface area contributed by atoms with E-state index in [1.807, 2.05) is 6.07 Å². The molecule has 1 saturated heterocycles. The van der Waals surface area contributed by atoms with Crippen LogP contribution in [0.1, 0.15) is 6.42 Å². The highest BCUT2D eigenvalue weighted by molar-refractivity contribution is 5.98. The van der Waals surface area contributed by atoms with Crippen molar-refractivity contribution in [3.63, 3.8) is 0 Å². The number of primary amides is 1. The van der Waals surface area contributed by atoms with E-state index in [0.717, 1.165) is 5.56 Å². The maximum atomic E-state index is 12.0. The molecule has 3 rings (SSSR count). The predicted octanol–water partition coefficient (Wildman–Crippen LogP) is 0.377. The molecule has 1 aliphatic heterocycles. The molecule has 7 nitrogen and oxygen atoms in total. The Labute approximate surface area is 120 Å². The van der Waals surface area contributed by atoms with E-state index < -0.39 is 11.8 Å². The van der Waals surface area contributed by atoms with Crippen LogP contribution in [0.15, 0.2) is 36.8 Å². The van der Waals surface area contributed by atoms with E-state index in [9.17, 15) is 9.59 Å². The number of anilines is 1. The van der Waals surface area contributed by atoms with E-state index in [1.165, 1.54) is 4.90 Å². The normalized spacial score (nSPS) is 18.0. The van der Waals surface area contributed by atoms with Crippen LogP contribution in [-0.4, -0.2) is 33.3 Å². The molecule has 0 spiro atoms. The molecule has 2 aromatic rings. The summed E-state index contributed by atoms with van der Waals surface area (Å²) in [6.07, 6.45) is 5.04. The summed E-state index contributed by atoms with van der Waals surface area (Å²) in [7, 11) is 0. The van der Waals surface area contributed by atoms with Crippen molar-refractivity contribution in [1.29, 1.82) is 0 Å². The van der Waals surface area contributed by atoms with E-state index in [4.69, 9.17) is 5.73 Å². The second kappa shape index (κ2) is 5.28. The van der Waals surface area contributed by atoms with Crippen molar-refractivity contribution >= 4 is 17.8 Å². The highest BCUT2D eigenvalue weighted by atomic mass is 16.2. The molecule has 7 heteroatoms. The SMILES string of the molecule is NC(=O)C1CC(=O)N(c2nccc(-c3cccnc3)n2)C1. The predicted molar refractivity (Wildman–Crippen MR) is 74.9 cm³/mol. The molecule has 2 N–H and O–H groups in total. The zero-order valence-corrected chi connectivity index (χ0v) is 11.1. The summed E-state index contributed by atoms with van der Waals surface area (Å²) >= 11 is 0. The lowest BCUT2D eigenvalue weighted by atomic mass is 10.1. The fourth-order valence-corrected chi connectivity index (χ4v) is 2.24. The van der Waals surface area contributed by atoms with Crippen LogP contribution in [0.3, 0.4) is 0 Å². The molecule has 1 unspecified atom stereocenters. The number of carbonyl (C=O) groups excluding carboxylic acids is 2. The van der Waals surface area contributed by atoms with Crippen molar-refractivity contribution in [1.82, 2.24) is 15.0 Å². The summed E-state index contributed by atoms with van der Waals surface area (Å²) in [4.78, 5) is 37.1. The first-order valence-corrected chi connectivity index (χ1v) is 6.48. The Kier molecular flexibility index (Phi) is 3.31. The summed E-state index contributed by atoms with van der Waals surface area (Å²) in [5, 5.41) is 0. The molecular formula is C14H13N5O2. The van der Waals surface area contributed by atoms with Gasteiger partial charge in [0.25, 0.3) is 0 Å². The maximum Gasteiger partial charge on any atom is 0.232 e. The van der Waals surface area contributed by atoms with Crippen LogP contribution in [0.2, 0.25) is 0 Å². The summed E-state index contributed by atoms with van der Waals surface area (Å²) in [6, 6.07) is 5.42. The number of aromatic nitrogens is 3. The number of pyridine rings is 1. The highest BCUT2D eigenvalue weighted by Crippen LogP contribution is 2.24. The van der Waals surface area contributed by atoms with Crippen molar-refractivity contribution in [2.24, 2.45) is 11.7 Å². The quantitative estimate of drug-likeness (QED) is 0.877. The monoisotopic (exact) mass is 283 g/mol. The lowest BCUT2D eigenvalue weighted by molar-refractivity contribution is -0.123. The summed E-state index contributed by atoms with van der Waals surface area (Å²) < 4.78 is 0. The lowest BCUT2D eigenvalue weighted by Crippen LogP contribution is -2.29. The number of amides is 2. The van der Waals surface area contributed by atoms with Gasteiger partial charge >= 0.3 is 0 Å². The number of carbonyl (C=O) groups is 2. The van der Waals surface area contributed by atoms with Gasteiger partial charge in [-0.1, -0.05) is 0 Å². The van der Waals surface area contributed by atoms with Gasteiger partial charge in [-0.05, 0) is 18.2 Å². The van der Waals surface area contributed by atoms with E-state index >= 15 is 0 Å². The molecule has 1 atom stereocenters. The smallest absolute Gasteiger partial charge is 0.232 e. The van der Waals surface area contributed by atoms with Gasteiger partial charge in [0.2, 0.25) is 17.8 Å². The Hall–Kier alpha value is -2.83. The van der Waals surface area contributed by atoms with Gasteiger partial charge in [0.15, 0.2) is 0 Å². The Morgan fingerprint density at radius 3 is 2.86 bits per heavy atom. The molecule has 0 bridgehead atoms. The summed E-state index contributed by atoms with van der Waals surface area (Å²) in [5.41, 5.74) is 6.76. The second-order valence-corrected chi connectivity index (χ2v) is 4.79. The van der Waals surface area contributed by atoms with Gasteiger partial charge in [0.05, 0.1) is 11.6 Å².